The van der Waals surface area contributed by atoms with Gasteiger partial charge in [-0.25, -0.2) is 4.39 Å². The van der Waals surface area contributed by atoms with Gasteiger partial charge in [0.15, 0.2) is 0 Å². The van der Waals surface area contributed by atoms with Crippen LogP contribution < -0.4 is 5.32 Å². The number of halogens is 1. The summed E-state index contributed by atoms with van der Waals surface area (Å²) in [6.45, 7) is 6.62. The van der Waals surface area contributed by atoms with Crippen LogP contribution in [0.3, 0.4) is 0 Å². The molecule has 0 amide bonds. The number of hydrogen-bond acceptors (Lipinski definition) is 3. The Morgan fingerprint density at radius 2 is 2.05 bits per heavy atom. The first kappa shape index (κ1) is 13.8. The van der Waals surface area contributed by atoms with Crippen molar-refractivity contribution in [2.45, 2.75) is 25.3 Å². The van der Waals surface area contributed by atoms with Crippen molar-refractivity contribution in [1.82, 2.24) is 9.80 Å². The molecular weight excluding hydrogens is 253 g/mol. The van der Waals surface area contributed by atoms with E-state index in [0.717, 1.165) is 25.7 Å². The van der Waals surface area contributed by atoms with Crippen molar-refractivity contribution in [2.24, 2.45) is 0 Å². The summed E-state index contributed by atoms with van der Waals surface area (Å²) in [5, 5.41) is 3.20. The summed E-state index contributed by atoms with van der Waals surface area (Å²) < 4.78 is 13.5. The highest BCUT2D eigenvalue weighted by Gasteiger charge is 2.28. The van der Waals surface area contributed by atoms with E-state index < -0.39 is 0 Å². The molecule has 1 aromatic carbocycles. The number of nitrogens with one attached hydrogen (secondary N) is 1. The summed E-state index contributed by atoms with van der Waals surface area (Å²) in [7, 11) is 0. The Labute approximate surface area is 120 Å². The number of rotatable bonds is 4. The van der Waals surface area contributed by atoms with Crippen molar-refractivity contribution in [2.75, 3.05) is 44.6 Å². The van der Waals surface area contributed by atoms with Gasteiger partial charge in [-0.3, -0.25) is 9.80 Å². The third-order valence-electron chi connectivity index (χ3n) is 4.54. The SMILES string of the molecule is Fc1ccccc1NCCN1CCN2CCCCC2C1. The minimum atomic E-state index is -0.162. The molecule has 110 valence electrons. The molecule has 2 saturated heterocycles. The van der Waals surface area contributed by atoms with Crippen LogP contribution in [0.1, 0.15) is 19.3 Å². The lowest BCUT2D eigenvalue weighted by molar-refractivity contribution is 0.0515. The smallest absolute Gasteiger partial charge is 0.146 e. The van der Waals surface area contributed by atoms with E-state index in [9.17, 15) is 4.39 Å². The number of benzene rings is 1. The highest BCUT2D eigenvalue weighted by Crippen LogP contribution is 2.21. The van der Waals surface area contributed by atoms with Gasteiger partial charge >= 0.3 is 0 Å². The molecule has 0 spiro atoms. The quantitative estimate of drug-likeness (QED) is 0.912. The first-order chi connectivity index (χ1) is 9.83. The molecule has 3 rings (SSSR count). The molecule has 1 aromatic rings. The zero-order valence-corrected chi connectivity index (χ0v) is 12.0. The van der Waals surface area contributed by atoms with E-state index in [-0.39, 0.29) is 5.82 Å². The summed E-state index contributed by atoms with van der Waals surface area (Å²) in [6, 6.07) is 7.65. The van der Waals surface area contributed by atoms with Crippen molar-refractivity contribution in [1.29, 1.82) is 0 Å². The first-order valence-electron chi connectivity index (χ1n) is 7.78. The zero-order chi connectivity index (χ0) is 13.8. The predicted molar refractivity (Wildman–Crippen MR) is 80.5 cm³/mol. The maximum Gasteiger partial charge on any atom is 0.146 e. The Hall–Kier alpha value is -1.13. The predicted octanol–water partition coefficient (Wildman–Crippen LogP) is 2.41. The van der Waals surface area contributed by atoms with Gasteiger partial charge in [0.25, 0.3) is 0 Å². The van der Waals surface area contributed by atoms with Crippen molar-refractivity contribution in [3.05, 3.63) is 30.1 Å². The monoisotopic (exact) mass is 277 g/mol. The highest BCUT2D eigenvalue weighted by molar-refractivity contribution is 5.44. The van der Waals surface area contributed by atoms with Crippen molar-refractivity contribution < 1.29 is 4.39 Å². The van der Waals surface area contributed by atoms with Crippen LogP contribution in [-0.2, 0) is 0 Å². The molecule has 0 saturated carbocycles. The van der Waals surface area contributed by atoms with Crippen LogP contribution in [0, 0.1) is 5.82 Å². The second-order valence-corrected chi connectivity index (χ2v) is 5.89. The molecule has 4 heteroatoms. The Kier molecular flexibility index (Phi) is 4.53. The number of piperidine rings is 1. The van der Waals surface area contributed by atoms with Crippen LogP contribution in [0.15, 0.2) is 24.3 Å². The van der Waals surface area contributed by atoms with E-state index >= 15 is 0 Å². The molecule has 0 radical (unpaired) electrons. The minimum Gasteiger partial charge on any atom is -0.381 e. The molecule has 1 N–H and O–H groups in total. The third kappa shape index (κ3) is 3.30. The van der Waals surface area contributed by atoms with E-state index in [0.29, 0.717) is 5.69 Å². The van der Waals surface area contributed by atoms with Gasteiger partial charge < -0.3 is 5.32 Å². The number of hydrogen-bond donors (Lipinski definition) is 1. The molecule has 2 heterocycles. The summed E-state index contributed by atoms with van der Waals surface area (Å²) in [6.07, 6.45) is 4.09. The van der Waals surface area contributed by atoms with Gasteiger partial charge in [-0.05, 0) is 31.5 Å². The Morgan fingerprint density at radius 3 is 2.95 bits per heavy atom. The van der Waals surface area contributed by atoms with Crippen molar-refractivity contribution in [3.8, 4) is 0 Å². The lowest BCUT2D eigenvalue weighted by Crippen LogP contribution is -2.55. The topological polar surface area (TPSA) is 18.5 Å². The van der Waals surface area contributed by atoms with Crippen LogP contribution in [0.4, 0.5) is 10.1 Å². The van der Waals surface area contributed by atoms with Gasteiger partial charge in [-0.15, -0.1) is 0 Å². The molecule has 1 unspecified atom stereocenters. The number of fused-ring (bicyclic) bond motifs is 1. The van der Waals surface area contributed by atoms with Crippen LogP contribution in [0.5, 0.6) is 0 Å². The summed E-state index contributed by atoms with van der Waals surface area (Å²) in [5.74, 6) is -0.162. The van der Waals surface area contributed by atoms with Crippen LogP contribution >= 0.6 is 0 Å². The summed E-state index contributed by atoms with van der Waals surface area (Å²) in [4.78, 5) is 5.16. The summed E-state index contributed by atoms with van der Waals surface area (Å²) >= 11 is 0. The standard InChI is InChI=1S/C16H24FN3/c17-15-6-1-2-7-16(15)18-8-10-19-11-12-20-9-4-3-5-14(20)13-19/h1-2,6-7,14,18H,3-5,8-13H2. The highest BCUT2D eigenvalue weighted by atomic mass is 19.1. The van der Waals surface area contributed by atoms with Gasteiger partial charge in [0.1, 0.15) is 5.82 Å². The fourth-order valence-corrected chi connectivity index (χ4v) is 3.38. The summed E-state index contributed by atoms with van der Waals surface area (Å²) in [5.41, 5.74) is 0.615. The normalized spacial score (nSPS) is 24.4. The minimum absolute atomic E-state index is 0.162. The van der Waals surface area contributed by atoms with Crippen LogP contribution in [-0.4, -0.2) is 55.1 Å². The lowest BCUT2D eigenvalue weighted by Gasteiger charge is -2.44. The number of anilines is 1. The molecule has 0 aliphatic carbocycles. The van der Waals surface area contributed by atoms with Crippen molar-refractivity contribution >= 4 is 5.69 Å². The third-order valence-corrected chi connectivity index (χ3v) is 4.54. The molecule has 0 aromatic heterocycles. The first-order valence-corrected chi connectivity index (χ1v) is 7.78. The molecule has 2 aliphatic rings. The Bertz CT molecular complexity index is 437. The van der Waals surface area contributed by atoms with Gasteiger partial charge in [-0.2, -0.15) is 0 Å². The van der Waals surface area contributed by atoms with Crippen LogP contribution in [0.25, 0.3) is 0 Å². The van der Waals surface area contributed by atoms with Crippen molar-refractivity contribution in [3.63, 3.8) is 0 Å². The Balaban J connectivity index is 1.44. The largest absolute Gasteiger partial charge is 0.381 e. The molecule has 1 atom stereocenters. The molecule has 20 heavy (non-hydrogen) atoms. The fraction of sp³-hybridized carbons (Fsp3) is 0.625. The van der Waals surface area contributed by atoms with Gasteiger partial charge in [0, 0.05) is 38.8 Å². The number of para-hydroxylation sites is 1. The number of piperazine rings is 1. The van der Waals surface area contributed by atoms with Gasteiger partial charge in [-0.1, -0.05) is 18.6 Å². The lowest BCUT2D eigenvalue weighted by atomic mass is 9.99. The molecular formula is C16H24FN3. The van der Waals surface area contributed by atoms with E-state index in [1.165, 1.54) is 45.0 Å². The molecule has 2 fully saturated rings. The van der Waals surface area contributed by atoms with Gasteiger partial charge in [0.05, 0.1) is 5.69 Å². The zero-order valence-electron chi connectivity index (χ0n) is 12.0. The Morgan fingerprint density at radius 1 is 1.15 bits per heavy atom. The second kappa shape index (κ2) is 6.55. The number of nitrogens with zero attached hydrogens (tertiary/aromatic N) is 2. The van der Waals surface area contributed by atoms with E-state index in [1.54, 1.807) is 12.1 Å². The van der Waals surface area contributed by atoms with E-state index in [2.05, 4.69) is 15.1 Å². The average molecular weight is 277 g/mol. The average Bonchev–Trinajstić information content (AvgIpc) is 2.49. The molecule has 3 nitrogen and oxygen atoms in total. The fourth-order valence-electron chi connectivity index (χ4n) is 3.38. The van der Waals surface area contributed by atoms with E-state index in [1.807, 2.05) is 6.07 Å². The molecule has 2 aliphatic heterocycles. The van der Waals surface area contributed by atoms with Gasteiger partial charge in [0.2, 0.25) is 0 Å². The van der Waals surface area contributed by atoms with E-state index in [4.69, 9.17) is 0 Å². The second-order valence-electron chi connectivity index (χ2n) is 5.89. The van der Waals surface area contributed by atoms with Crippen LogP contribution in [0.2, 0.25) is 0 Å². The molecule has 0 bridgehead atoms. The maximum absolute atomic E-state index is 13.5. The maximum atomic E-state index is 13.5.